The monoisotopic (exact) mass is 572 g/mol. The van der Waals surface area contributed by atoms with E-state index in [4.69, 9.17) is 32.7 Å². The second-order valence-corrected chi connectivity index (χ2v) is 9.70. The van der Waals surface area contributed by atoms with E-state index in [1.165, 1.54) is 6.08 Å². The van der Waals surface area contributed by atoms with E-state index in [-0.39, 0.29) is 17.9 Å². The highest BCUT2D eigenvalue weighted by atomic mass is 35.5. The Morgan fingerprint density at radius 1 is 0.725 bits per heavy atom. The highest BCUT2D eigenvalue weighted by Crippen LogP contribution is 2.27. The van der Waals surface area contributed by atoms with Gasteiger partial charge in [-0.15, -0.1) is 0 Å². The first-order chi connectivity index (χ1) is 19.4. The number of urea groups is 1. The molecule has 1 fully saturated rings. The normalized spacial score (nSPS) is 14.3. The van der Waals surface area contributed by atoms with Crippen LogP contribution in [-0.2, 0) is 22.8 Å². The average molecular weight is 573 g/mol. The molecule has 9 heteroatoms. The lowest BCUT2D eigenvalue weighted by Crippen LogP contribution is -2.54. The Balaban J connectivity index is 1.33. The zero-order chi connectivity index (χ0) is 28.1. The van der Waals surface area contributed by atoms with Crippen molar-refractivity contribution in [1.29, 1.82) is 0 Å². The molecule has 0 atom stereocenters. The lowest BCUT2D eigenvalue weighted by atomic mass is 10.1. The van der Waals surface area contributed by atoms with Gasteiger partial charge in [-0.1, -0.05) is 65.7 Å². The van der Waals surface area contributed by atoms with Crippen molar-refractivity contribution < 1.29 is 23.9 Å². The molecule has 40 heavy (non-hydrogen) atoms. The highest BCUT2D eigenvalue weighted by molar-refractivity contribution is 6.39. The van der Waals surface area contributed by atoms with Crippen LogP contribution in [0.15, 0.2) is 103 Å². The van der Waals surface area contributed by atoms with Crippen molar-refractivity contribution in [2.75, 3.05) is 4.90 Å². The van der Waals surface area contributed by atoms with Gasteiger partial charge in [-0.25, -0.2) is 9.69 Å². The van der Waals surface area contributed by atoms with Gasteiger partial charge in [-0.2, -0.15) is 0 Å². The first-order valence-corrected chi connectivity index (χ1v) is 13.0. The zero-order valence-corrected chi connectivity index (χ0v) is 22.5. The Morgan fingerprint density at radius 3 is 2.20 bits per heavy atom. The minimum atomic E-state index is -0.840. The van der Waals surface area contributed by atoms with Crippen molar-refractivity contribution >= 4 is 52.8 Å². The first-order valence-electron chi connectivity index (χ1n) is 12.2. The number of halogens is 2. The van der Waals surface area contributed by atoms with Gasteiger partial charge in [0.05, 0.1) is 5.69 Å². The smallest absolute Gasteiger partial charge is 0.335 e. The lowest BCUT2D eigenvalue weighted by molar-refractivity contribution is -0.122. The summed E-state index contributed by atoms with van der Waals surface area (Å²) in [5.41, 5.74) is 2.37. The Kier molecular flexibility index (Phi) is 8.15. The number of carbonyl (C=O) groups is 3. The van der Waals surface area contributed by atoms with Gasteiger partial charge in [-0.3, -0.25) is 14.9 Å². The molecule has 4 amide bonds. The van der Waals surface area contributed by atoms with Crippen LogP contribution in [0.25, 0.3) is 6.08 Å². The number of barbiturate groups is 1. The molecule has 1 aliphatic rings. The highest BCUT2D eigenvalue weighted by Gasteiger charge is 2.37. The molecule has 4 aromatic carbocycles. The number of ether oxygens (including phenoxy) is 2. The molecule has 0 aromatic heterocycles. The van der Waals surface area contributed by atoms with Crippen LogP contribution in [0.1, 0.15) is 16.7 Å². The van der Waals surface area contributed by atoms with Crippen LogP contribution >= 0.6 is 23.2 Å². The van der Waals surface area contributed by atoms with Crippen LogP contribution < -0.4 is 19.7 Å². The van der Waals surface area contributed by atoms with E-state index in [0.717, 1.165) is 16.0 Å². The zero-order valence-electron chi connectivity index (χ0n) is 21.0. The van der Waals surface area contributed by atoms with Crippen molar-refractivity contribution in [3.8, 4) is 11.5 Å². The predicted molar refractivity (Wildman–Crippen MR) is 153 cm³/mol. The third-order valence-electron chi connectivity index (χ3n) is 6.02. The molecule has 0 saturated carbocycles. The van der Waals surface area contributed by atoms with E-state index in [0.29, 0.717) is 33.7 Å². The number of rotatable bonds is 8. The molecule has 1 saturated heterocycles. The van der Waals surface area contributed by atoms with Crippen molar-refractivity contribution in [3.05, 3.63) is 129 Å². The van der Waals surface area contributed by atoms with Crippen molar-refractivity contribution in [2.24, 2.45) is 0 Å². The van der Waals surface area contributed by atoms with Crippen molar-refractivity contribution in [1.82, 2.24) is 5.32 Å². The van der Waals surface area contributed by atoms with Gasteiger partial charge in [0.1, 0.15) is 30.3 Å². The first kappa shape index (κ1) is 27.0. The topological polar surface area (TPSA) is 84.9 Å². The van der Waals surface area contributed by atoms with Gasteiger partial charge >= 0.3 is 6.03 Å². The number of imide groups is 2. The second-order valence-electron chi connectivity index (χ2n) is 8.82. The van der Waals surface area contributed by atoms with E-state index in [1.807, 2.05) is 24.3 Å². The lowest BCUT2D eigenvalue weighted by Gasteiger charge is -2.26. The number of para-hydroxylation sites is 1. The van der Waals surface area contributed by atoms with Gasteiger partial charge < -0.3 is 9.47 Å². The van der Waals surface area contributed by atoms with Crippen LogP contribution in [0.4, 0.5) is 10.5 Å². The average Bonchev–Trinajstić information content (AvgIpc) is 2.95. The van der Waals surface area contributed by atoms with E-state index in [9.17, 15) is 14.4 Å². The molecule has 1 aliphatic heterocycles. The number of carbonyl (C=O) groups excluding carboxylic acids is 3. The van der Waals surface area contributed by atoms with E-state index < -0.39 is 17.8 Å². The molecule has 4 aromatic rings. The van der Waals surface area contributed by atoms with E-state index in [1.54, 1.807) is 72.8 Å². The van der Waals surface area contributed by atoms with Gasteiger partial charge in [-0.05, 0) is 71.8 Å². The summed E-state index contributed by atoms with van der Waals surface area (Å²) in [6.07, 6.45) is 1.41. The summed E-state index contributed by atoms with van der Waals surface area (Å²) < 4.78 is 11.7. The molecule has 5 rings (SSSR count). The van der Waals surface area contributed by atoms with Gasteiger partial charge in [0.25, 0.3) is 11.8 Å². The Hall–Kier alpha value is -4.59. The number of anilines is 1. The molecular formula is C31H22Cl2N2O5. The maximum absolute atomic E-state index is 13.4. The molecule has 0 spiro atoms. The van der Waals surface area contributed by atoms with Gasteiger partial charge in [0, 0.05) is 15.6 Å². The summed E-state index contributed by atoms with van der Waals surface area (Å²) in [5.74, 6) is -0.547. The predicted octanol–water partition coefficient (Wildman–Crippen LogP) is 6.82. The number of benzene rings is 4. The maximum atomic E-state index is 13.4. The fourth-order valence-electron chi connectivity index (χ4n) is 4.01. The maximum Gasteiger partial charge on any atom is 0.335 e. The SMILES string of the molecule is O=C1NC(=O)N(c2ccc(OCc3ccc(Cl)cc3)cc2)C(=O)/C1=C/c1ccccc1OCc1cccc(Cl)c1. The Morgan fingerprint density at radius 2 is 1.45 bits per heavy atom. The minimum absolute atomic E-state index is 0.207. The molecule has 0 aliphatic carbocycles. The van der Waals surface area contributed by atoms with Crippen molar-refractivity contribution in [3.63, 3.8) is 0 Å². The molecule has 200 valence electrons. The Bertz CT molecular complexity index is 1600. The molecule has 0 unspecified atom stereocenters. The number of nitrogens with zero attached hydrogens (tertiary/aromatic N) is 1. The largest absolute Gasteiger partial charge is 0.489 e. The van der Waals surface area contributed by atoms with Crippen LogP contribution in [0.2, 0.25) is 10.0 Å². The fourth-order valence-corrected chi connectivity index (χ4v) is 4.34. The molecule has 1 N–H and O–H groups in total. The number of hydrogen-bond donors (Lipinski definition) is 1. The third kappa shape index (κ3) is 6.34. The molecular weight excluding hydrogens is 551 g/mol. The van der Waals surface area contributed by atoms with Crippen LogP contribution in [-0.4, -0.2) is 17.8 Å². The summed E-state index contributed by atoms with van der Waals surface area (Å²) in [7, 11) is 0. The third-order valence-corrected chi connectivity index (χ3v) is 6.50. The minimum Gasteiger partial charge on any atom is -0.489 e. The quantitative estimate of drug-likeness (QED) is 0.185. The number of amides is 4. The van der Waals surface area contributed by atoms with Crippen LogP contribution in [0.3, 0.4) is 0 Å². The summed E-state index contributed by atoms with van der Waals surface area (Å²) in [6, 6.07) is 27.1. The standard InChI is InChI=1S/C31H22Cl2N2O5/c32-23-10-8-20(9-11-23)18-39-26-14-12-25(13-15-26)35-30(37)27(29(36)34-31(35)38)17-22-5-1-2-7-28(22)40-19-21-4-3-6-24(33)16-21/h1-17H,18-19H2,(H,34,36,38)/b27-17+. The molecule has 0 bridgehead atoms. The molecule has 1 heterocycles. The summed E-state index contributed by atoms with van der Waals surface area (Å²) in [5, 5.41) is 3.47. The summed E-state index contributed by atoms with van der Waals surface area (Å²) >= 11 is 12.0. The van der Waals surface area contributed by atoms with Gasteiger partial charge in [0.15, 0.2) is 0 Å². The number of nitrogens with one attached hydrogen (secondary N) is 1. The summed E-state index contributed by atoms with van der Waals surface area (Å²) in [6.45, 7) is 0.553. The van der Waals surface area contributed by atoms with Crippen LogP contribution in [0.5, 0.6) is 11.5 Å². The summed E-state index contributed by atoms with van der Waals surface area (Å²) in [4.78, 5) is 39.6. The fraction of sp³-hybridized carbons (Fsp3) is 0.0645. The second kappa shape index (κ2) is 12.1. The molecule has 7 nitrogen and oxygen atoms in total. The van der Waals surface area contributed by atoms with Gasteiger partial charge in [0.2, 0.25) is 0 Å². The molecule has 0 radical (unpaired) electrons. The van der Waals surface area contributed by atoms with E-state index >= 15 is 0 Å². The Labute approximate surface area is 240 Å². The van der Waals surface area contributed by atoms with Crippen molar-refractivity contribution in [2.45, 2.75) is 13.2 Å². The number of hydrogen-bond acceptors (Lipinski definition) is 5. The van der Waals surface area contributed by atoms with Crippen LogP contribution in [0, 0.1) is 0 Å². The van der Waals surface area contributed by atoms with E-state index in [2.05, 4.69) is 5.32 Å².